The molecule has 1 N–H and O–H groups in total. The first-order valence-electron chi connectivity index (χ1n) is 13.3. The molecule has 0 aromatic heterocycles. The van der Waals surface area contributed by atoms with Crippen LogP contribution < -0.4 is 9.62 Å². The number of nitrogens with one attached hydrogen (secondary N) is 1. The van der Waals surface area contributed by atoms with Gasteiger partial charge in [-0.25, -0.2) is 8.42 Å². The van der Waals surface area contributed by atoms with E-state index in [2.05, 4.69) is 5.32 Å². The highest BCUT2D eigenvalue weighted by atomic mass is 35.5. The van der Waals surface area contributed by atoms with Crippen molar-refractivity contribution < 1.29 is 18.0 Å². The van der Waals surface area contributed by atoms with Crippen LogP contribution in [-0.2, 0) is 26.0 Å². The van der Waals surface area contributed by atoms with Crippen LogP contribution in [0.5, 0.6) is 0 Å². The summed E-state index contributed by atoms with van der Waals surface area (Å²) in [4.78, 5) is 28.8. The fourth-order valence-corrected chi connectivity index (χ4v) is 6.15. The molecular weight excluding hydrogens is 569 g/mol. The second-order valence-electron chi connectivity index (χ2n) is 9.46. The minimum Gasteiger partial charge on any atom is -0.352 e. The van der Waals surface area contributed by atoms with Crippen molar-refractivity contribution in [1.29, 1.82) is 0 Å². The maximum Gasteiger partial charge on any atom is 0.264 e. The Labute approximate surface area is 247 Å². The minimum atomic E-state index is -4.22. The summed E-state index contributed by atoms with van der Waals surface area (Å²) in [5, 5.41) is 3.13. The smallest absolute Gasteiger partial charge is 0.264 e. The number of rotatable bonds is 13. The van der Waals surface area contributed by atoms with Crippen LogP contribution >= 0.6 is 23.2 Å². The maximum atomic E-state index is 14.0. The summed E-state index contributed by atoms with van der Waals surface area (Å²) in [6, 6.07) is 21.2. The van der Waals surface area contributed by atoms with E-state index in [4.69, 9.17) is 23.2 Å². The zero-order chi connectivity index (χ0) is 29.3. The number of hydrogen-bond acceptors (Lipinski definition) is 4. The van der Waals surface area contributed by atoms with Crippen LogP contribution in [0.25, 0.3) is 0 Å². The van der Waals surface area contributed by atoms with E-state index in [0.29, 0.717) is 12.8 Å². The third kappa shape index (κ3) is 7.77. The molecule has 3 aromatic rings. The molecule has 10 heteroatoms. The van der Waals surface area contributed by atoms with Crippen LogP contribution in [0.3, 0.4) is 0 Å². The number of halogens is 2. The number of amides is 2. The van der Waals surface area contributed by atoms with Crippen molar-refractivity contribution in [3.63, 3.8) is 0 Å². The molecule has 0 saturated heterocycles. The summed E-state index contributed by atoms with van der Waals surface area (Å²) in [6.07, 6.45) is 1.58. The van der Waals surface area contributed by atoms with Gasteiger partial charge in [-0.05, 0) is 56.0 Å². The Kier molecular flexibility index (Phi) is 11.4. The molecule has 0 bridgehead atoms. The lowest BCUT2D eigenvalue weighted by Crippen LogP contribution is -2.54. The van der Waals surface area contributed by atoms with Gasteiger partial charge in [0.25, 0.3) is 10.0 Å². The average Bonchev–Trinajstić information content (AvgIpc) is 2.96. The van der Waals surface area contributed by atoms with Gasteiger partial charge in [-0.15, -0.1) is 0 Å². The third-order valence-corrected chi connectivity index (χ3v) is 9.26. The van der Waals surface area contributed by atoms with Crippen LogP contribution in [0, 0.1) is 0 Å². The highest BCUT2D eigenvalue weighted by molar-refractivity contribution is 7.92. The number of benzene rings is 3. The van der Waals surface area contributed by atoms with Crippen molar-refractivity contribution >= 4 is 50.7 Å². The van der Waals surface area contributed by atoms with Gasteiger partial charge >= 0.3 is 0 Å². The van der Waals surface area contributed by atoms with Crippen molar-refractivity contribution in [2.24, 2.45) is 0 Å². The lowest BCUT2D eigenvalue weighted by atomic mass is 10.1. The Balaban J connectivity index is 2.04. The van der Waals surface area contributed by atoms with Gasteiger partial charge < -0.3 is 10.2 Å². The van der Waals surface area contributed by atoms with Crippen molar-refractivity contribution in [3.05, 3.63) is 94.5 Å². The minimum absolute atomic E-state index is 0.00349. The van der Waals surface area contributed by atoms with Crippen LogP contribution in [0.2, 0.25) is 10.0 Å². The van der Waals surface area contributed by atoms with Gasteiger partial charge in [0.2, 0.25) is 11.8 Å². The summed E-state index contributed by atoms with van der Waals surface area (Å²) >= 11 is 12.7. The topological polar surface area (TPSA) is 86.8 Å². The Bertz CT molecular complexity index is 1390. The van der Waals surface area contributed by atoms with E-state index in [1.54, 1.807) is 30.3 Å². The second-order valence-corrected chi connectivity index (χ2v) is 12.1. The molecule has 2 amide bonds. The van der Waals surface area contributed by atoms with Gasteiger partial charge in [0.15, 0.2) is 0 Å². The highest BCUT2D eigenvalue weighted by Crippen LogP contribution is 2.35. The first-order chi connectivity index (χ1) is 19.1. The molecule has 0 saturated carbocycles. The van der Waals surface area contributed by atoms with Gasteiger partial charge in [-0.2, -0.15) is 0 Å². The molecule has 7 nitrogen and oxygen atoms in total. The fourth-order valence-electron chi connectivity index (χ4n) is 4.26. The van der Waals surface area contributed by atoms with Crippen molar-refractivity contribution in [3.8, 4) is 0 Å². The van der Waals surface area contributed by atoms with Crippen molar-refractivity contribution in [1.82, 2.24) is 10.2 Å². The van der Waals surface area contributed by atoms with E-state index >= 15 is 0 Å². The summed E-state index contributed by atoms with van der Waals surface area (Å²) < 4.78 is 28.7. The number of carbonyl (C=O) groups is 2. The van der Waals surface area contributed by atoms with Crippen molar-refractivity contribution in [2.45, 2.75) is 57.0 Å². The number of anilines is 1. The molecule has 3 rings (SSSR count). The molecule has 0 spiro atoms. The summed E-state index contributed by atoms with van der Waals surface area (Å²) in [5.74, 6) is -0.811. The Morgan fingerprint density at radius 2 is 1.50 bits per heavy atom. The normalized spacial score (nSPS) is 12.8. The predicted molar refractivity (Wildman–Crippen MR) is 161 cm³/mol. The van der Waals surface area contributed by atoms with E-state index in [1.807, 2.05) is 51.1 Å². The van der Waals surface area contributed by atoms with Gasteiger partial charge in [0.05, 0.1) is 20.6 Å². The summed E-state index contributed by atoms with van der Waals surface area (Å²) in [6.45, 7) is 5.34. The Morgan fingerprint density at radius 3 is 2.10 bits per heavy atom. The number of nitrogens with zero attached hydrogens (tertiary/aromatic N) is 2. The van der Waals surface area contributed by atoms with Gasteiger partial charge in [0, 0.05) is 12.6 Å². The molecule has 40 heavy (non-hydrogen) atoms. The average molecular weight is 605 g/mol. The molecule has 0 heterocycles. The van der Waals surface area contributed by atoms with Crippen LogP contribution in [0.15, 0.2) is 83.8 Å². The van der Waals surface area contributed by atoms with E-state index in [0.717, 1.165) is 16.3 Å². The largest absolute Gasteiger partial charge is 0.352 e. The SMILES string of the molecule is CC[C@@H](C)NC(=O)[C@@H](CC)N(CCc1ccccc1)C(=O)CN(c1cccc(Cl)c1Cl)S(=O)(=O)c1ccccc1. The first kappa shape index (κ1) is 31.5. The molecular formula is C30H35Cl2N3O4S. The molecule has 0 fully saturated rings. The molecule has 3 aromatic carbocycles. The first-order valence-corrected chi connectivity index (χ1v) is 15.4. The molecule has 0 aliphatic heterocycles. The van der Waals surface area contributed by atoms with E-state index in [-0.39, 0.29) is 39.1 Å². The van der Waals surface area contributed by atoms with Crippen molar-refractivity contribution in [2.75, 3.05) is 17.4 Å². The molecule has 214 valence electrons. The lowest BCUT2D eigenvalue weighted by Gasteiger charge is -2.34. The molecule has 0 aliphatic carbocycles. The van der Waals surface area contributed by atoms with Crippen LogP contribution in [0.1, 0.15) is 39.2 Å². The third-order valence-electron chi connectivity index (χ3n) is 6.68. The van der Waals surface area contributed by atoms with Gasteiger partial charge in [0.1, 0.15) is 12.6 Å². The predicted octanol–water partition coefficient (Wildman–Crippen LogP) is 5.95. The summed E-state index contributed by atoms with van der Waals surface area (Å²) in [7, 11) is -4.22. The number of carbonyl (C=O) groups excluding carboxylic acids is 2. The summed E-state index contributed by atoms with van der Waals surface area (Å²) in [5.41, 5.74) is 1.07. The van der Waals surface area contributed by atoms with Crippen LogP contribution in [-0.4, -0.2) is 50.3 Å². The highest BCUT2D eigenvalue weighted by Gasteiger charge is 2.34. The lowest BCUT2D eigenvalue weighted by molar-refractivity contribution is -0.139. The number of sulfonamides is 1. The molecule has 0 unspecified atom stereocenters. The molecule has 0 radical (unpaired) electrons. The second kappa shape index (κ2) is 14.5. The Morgan fingerprint density at radius 1 is 0.875 bits per heavy atom. The number of hydrogen-bond donors (Lipinski definition) is 1. The standard InChI is InChI=1S/C30H35Cl2N3O4S/c1-4-22(3)33-30(37)26(5-2)34(20-19-23-13-8-6-9-14-23)28(36)21-35(27-18-12-17-25(31)29(27)32)40(38,39)24-15-10-7-11-16-24/h6-18,22,26H,4-5,19-21H2,1-3H3,(H,33,37)/t22-,26-/m1/s1. The monoisotopic (exact) mass is 603 g/mol. The zero-order valence-corrected chi connectivity index (χ0v) is 25.2. The van der Waals surface area contributed by atoms with E-state index < -0.39 is 28.5 Å². The Hall–Kier alpha value is -3.07. The fraction of sp³-hybridized carbons (Fsp3) is 0.333. The van der Waals surface area contributed by atoms with Crippen LogP contribution in [0.4, 0.5) is 5.69 Å². The van der Waals surface area contributed by atoms with E-state index in [9.17, 15) is 18.0 Å². The molecule has 0 aliphatic rings. The quantitative estimate of drug-likeness (QED) is 0.261. The van der Waals surface area contributed by atoms with Gasteiger partial charge in [-0.3, -0.25) is 13.9 Å². The maximum absolute atomic E-state index is 14.0. The van der Waals surface area contributed by atoms with E-state index in [1.165, 1.54) is 23.1 Å². The molecule has 2 atom stereocenters. The zero-order valence-electron chi connectivity index (χ0n) is 22.9. The van der Waals surface area contributed by atoms with Gasteiger partial charge in [-0.1, -0.05) is 91.6 Å².